The van der Waals surface area contributed by atoms with Crippen LogP contribution in [-0.4, -0.2) is 41.7 Å². The number of hydrogen-bond donors (Lipinski definition) is 3. The van der Waals surface area contributed by atoms with Crippen LogP contribution in [0.25, 0.3) is 11.0 Å². The Morgan fingerprint density at radius 2 is 1.56 bits per heavy atom. The average molecular weight is 457 g/mol. The molecule has 0 atom stereocenters. The Kier molecular flexibility index (Phi) is 5.72. The third-order valence-electron chi connectivity index (χ3n) is 6.50. The van der Waals surface area contributed by atoms with Gasteiger partial charge in [-0.25, -0.2) is 13.2 Å². The molecule has 3 aromatic rings. The van der Waals surface area contributed by atoms with Crippen LogP contribution in [0, 0.1) is 33.6 Å². The quantitative estimate of drug-likeness (QED) is 0.559. The number of aryl methyl sites for hydroxylation is 2. The van der Waals surface area contributed by atoms with Gasteiger partial charge >= 0.3 is 5.69 Å². The van der Waals surface area contributed by atoms with E-state index in [0.717, 1.165) is 22.3 Å². The zero-order valence-corrected chi connectivity index (χ0v) is 19.5. The summed E-state index contributed by atoms with van der Waals surface area (Å²) in [5.74, 6) is -0.415. The van der Waals surface area contributed by atoms with Gasteiger partial charge in [0.25, 0.3) is 0 Å². The molecule has 1 saturated heterocycles. The summed E-state index contributed by atoms with van der Waals surface area (Å²) in [5, 5.41) is 2.89. The molecule has 1 aromatic heterocycles. The van der Waals surface area contributed by atoms with Crippen molar-refractivity contribution < 1.29 is 13.2 Å². The molecule has 9 heteroatoms. The lowest BCUT2D eigenvalue weighted by molar-refractivity contribution is -0.120. The molecule has 0 aliphatic carbocycles. The molecule has 3 N–H and O–H groups in total. The van der Waals surface area contributed by atoms with Gasteiger partial charge in [0.15, 0.2) is 0 Å². The van der Waals surface area contributed by atoms with Crippen LogP contribution in [0.15, 0.2) is 34.0 Å². The topological polar surface area (TPSA) is 115 Å². The van der Waals surface area contributed by atoms with Crippen LogP contribution in [0.5, 0.6) is 0 Å². The van der Waals surface area contributed by atoms with Gasteiger partial charge in [0, 0.05) is 24.7 Å². The minimum atomic E-state index is -3.63. The standard InChI is InChI=1S/C23H28N4O4S/c1-13-11-14(2)16(4)21(15(13)3)32(30,31)27-9-7-17(8-10-27)22(28)24-18-5-6-19-20(12-18)26-23(29)25-19/h5-6,11-12,17H,7-10H2,1-4H3,(H,24,28)(H2,25,26,29). The molecule has 32 heavy (non-hydrogen) atoms. The maximum Gasteiger partial charge on any atom is 0.323 e. The van der Waals surface area contributed by atoms with Gasteiger partial charge in [0.05, 0.1) is 15.9 Å². The van der Waals surface area contributed by atoms with Gasteiger partial charge in [0.1, 0.15) is 0 Å². The molecule has 0 unspecified atom stereocenters. The molecule has 0 spiro atoms. The Hall–Kier alpha value is -2.91. The number of anilines is 1. The molecule has 0 bridgehead atoms. The van der Waals surface area contributed by atoms with Gasteiger partial charge in [-0.1, -0.05) is 6.07 Å². The van der Waals surface area contributed by atoms with Crippen LogP contribution in [0.3, 0.4) is 0 Å². The van der Waals surface area contributed by atoms with Crippen molar-refractivity contribution >= 4 is 32.7 Å². The number of benzene rings is 2. The van der Waals surface area contributed by atoms with Crippen molar-refractivity contribution in [2.24, 2.45) is 5.92 Å². The maximum absolute atomic E-state index is 13.4. The van der Waals surface area contributed by atoms with Gasteiger partial charge in [-0.15, -0.1) is 0 Å². The van der Waals surface area contributed by atoms with Crippen molar-refractivity contribution in [2.75, 3.05) is 18.4 Å². The second kappa shape index (κ2) is 8.22. The number of fused-ring (bicyclic) bond motifs is 1. The number of nitrogens with zero attached hydrogens (tertiary/aromatic N) is 1. The monoisotopic (exact) mass is 456 g/mol. The molecular formula is C23H28N4O4S. The summed E-state index contributed by atoms with van der Waals surface area (Å²) in [6, 6.07) is 7.18. The number of aromatic nitrogens is 2. The normalized spacial score (nSPS) is 15.9. The van der Waals surface area contributed by atoms with E-state index >= 15 is 0 Å². The molecule has 2 heterocycles. The predicted octanol–water partition coefficient (Wildman–Crippen LogP) is 3.13. The van der Waals surface area contributed by atoms with Gasteiger partial charge < -0.3 is 15.3 Å². The fourth-order valence-electron chi connectivity index (χ4n) is 4.41. The van der Waals surface area contributed by atoms with E-state index in [-0.39, 0.29) is 17.5 Å². The summed E-state index contributed by atoms with van der Waals surface area (Å²) < 4.78 is 28.3. The lowest BCUT2D eigenvalue weighted by atomic mass is 9.97. The molecule has 1 amide bonds. The fourth-order valence-corrected chi connectivity index (χ4v) is 6.46. The van der Waals surface area contributed by atoms with Crippen LogP contribution in [0.4, 0.5) is 5.69 Å². The van der Waals surface area contributed by atoms with Crippen LogP contribution < -0.4 is 11.0 Å². The zero-order chi connectivity index (χ0) is 23.2. The summed E-state index contributed by atoms with van der Waals surface area (Å²) in [4.78, 5) is 29.9. The number of carbonyl (C=O) groups excluding carboxylic acids is 1. The van der Waals surface area contributed by atoms with Crippen molar-refractivity contribution in [3.8, 4) is 0 Å². The molecule has 1 fully saturated rings. The van der Waals surface area contributed by atoms with E-state index in [9.17, 15) is 18.0 Å². The molecule has 170 valence electrons. The van der Waals surface area contributed by atoms with Crippen molar-refractivity contribution in [3.63, 3.8) is 0 Å². The lowest BCUT2D eigenvalue weighted by Crippen LogP contribution is -2.41. The van der Waals surface area contributed by atoms with E-state index < -0.39 is 10.0 Å². The summed E-state index contributed by atoms with van der Waals surface area (Å²) in [6.07, 6.45) is 0.911. The van der Waals surface area contributed by atoms with E-state index in [1.165, 1.54) is 4.31 Å². The molecule has 8 nitrogen and oxygen atoms in total. The van der Waals surface area contributed by atoms with Crippen LogP contribution in [0.1, 0.15) is 35.1 Å². The number of sulfonamides is 1. The van der Waals surface area contributed by atoms with Crippen molar-refractivity contribution in [1.29, 1.82) is 0 Å². The number of rotatable bonds is 4. The zero-order valence-electron chi connectivity index (χ0n) is 18.7. The number of carbonyl (C=O) groups is 1. The van der Waals surface area contributed by atoms with Crippen LogP contribution in [0.2, 0.25) is 0 Å². The second-order valence-electron chi connectivity index (χ2n) is 8.60. The third-order valence-corrected chi connectivity index (χ3v) is 8.68. The lowest BCUT2D eigenvalue weighted by Gasteiger charge is -2.31. The molecule has 0 saturated carbocycles. The molecule has 1 aliphatic rings. The number of imidazole rings is 1. The smallest absolute Gasteiger partial charge is 0.323 e. The fraction of sp³-hybridized carbons (Fsp3) is 0.391. The molecule has 2 aromatic carbocycles. The Morgan fingerprint density at radius 3 is 2.19 bits per heavy atom. The first kappa shape index (κ1) is 22.3. The Balaban J connectivity index is 1.46. The first-order valence-electron chi connectivity index (χ1n) is 10.7. The highest BCUT2D eigenvalue weighted by atomic mass is 32.2. The van der Waals surface area contributed by atoms with E-state index in [2.05, 4.69) is 15.3 Å². The van der Waals surface area contributed by atoms with E-state index in [1.807, 2.05) is 33.8 Å². The maximum atomic E-state index is 13.4. The van der Waals surface area contributed by atoms with Crippen molar-refractivity contribution in [3.05, 3.63) is 57.0 Å². The largest absolute Gasteiger partial charge is 0.326 e. The summed E-state index contributed by atoms with van der Waals surface area (Å²) in [5.41, 5.74) is 5.07. The number of H-pyrrole nitrogens is 2. The highest BCUT2D eigenvalue weighted by Gasteiger charge is 2.34. The van der Waals surface area contributed by atoms with Crippen LogP contribution >= 0.6 is 0 Å². The van der Waals surface area contributed by atoms with E-state index in [4.69, 9.17) is 0 Å². The summed E-state index contributed by atoms with van der Waals surface area (Å²) >= 11 is 0. The Morgan fingerprint density at radius 1 is 0.969 bits per heavy atom. The van der Waals surface area contributed by atoms with E-state index in [0.29, 0.717) is 47.5 Å². The third kappa shape index (κ3) is 3.98. The minimum Gasteiger partial charge on any atom is -0.326 e. The number of hydrogen-bond acceptors (Lipinski definition) is 4. The van der Waals surface area contributed by atoms with Gasteiger partial charge in [-0.2, -0.15) is 4.31 Å². The summed E-state index contributed by atoms with van der Waals surface area (Å²) in [6.45, 7) is 8.16. The number of piperidine rings is 1. The number of nitrogens with one attached hydrogen (secondary N) is 3. The van der Waals surface area contributed by atoms with Crippen LogP contribution in [-0.2, 0) is 14.8 Å². The minimum absolute atomic E-state index is 0.141. The molecule has 0 radical (unpaired) electrons. The predicted molar refractivity (Wildman–Crippen MR) is 124 cm³/mol. The van der Waals surface area contributed by atoms with Gasteiger partial charge in [-0.05, 0) is 81.0 Å². The highest BCUT2D eigenvalue weighted by Crippen LogP contribution is 2.31. The van der Waals surface area contributed by atoms with E-state index in [1.54, 1.807) is 18.2 Å². The highest BCUT2D eigenvalue weighted by molar-refractivity contribution is 7.89. The molecular weight excluding hydrogens is 428 g/mol. The SMILES string of the molecule is Cc1cc(C)c(C)c(S(=O)(=O)N2CCC(C(=O)Nc3ccc4[nH]c(=O)[nH]c4c3)CC2)c1C. The first-order valence-corrected chi connectivity index (χ1v) is 12.1. The second-order valence-corrected chi connectivity index (χ2v) is 10.5. The molecule has 1 aliphatic heterocycles. The number of aromatic amines is 2. The van der Waals surface area contributed by atoms with Crippen molar-refractivity contribution in [2.45, 2.75) is 45.4 Å². The number of amides is 1. The average Bonchev–Trinajstić information content (AvgIpc) is 3.11. The van der Waals surface area contributed by atoms with Crippen molar-refractivity contribution in [1.82, 2.24) is 14.3 Å². The van der Waals surface area contributed by atoms with Gasteiger partial charge in [0.2, 0.25) is 15.9 Å². The Labute approximate surface area is 187 Å². The first-order chi connectivity index (χ1) is 15.1. The van der Waals surface area contributed by atoms with Gasteiger partial charge in [-0.3, -0.25) is 4.79 Å². The molecule has 4 rings (SSSR count). The Bertz CT molecular complexity index is 1340. The summed E-state index contributed by atoms with van der Waals surface area (Å²) in [7, 11) is -3.63.